The van der Waals surface area contributed by atoms with Crippen LogP contribution in [0, 0.1) is 6.92 Å². The van der Waals surface area contributed by atoms with Gasteiger partial charge in [0.25, 0.3) is 0 Å². The molecule has 1 N–H and O–H groups in total. The molecule has 4 aromatic rings. The minimum Gasteiger partial charge on any atom is -0.454 e. The van der Waals surface area contributed by atoms with Crippen LogP contribution in [0.15, 0.2) is 78.0 Å². The number of aryl methyl sites for hydroxylation is 1. The van der Waals surface area contributed by atoms with Crippen molar-refractivity contribution in [2.75, 3.05) is 6.79 Å². The zero-order valence-corrected chi connectivity index (χ0v) is 19.7. The van der Waals surface area contributed by atoms with Crippen LogP contribution in [0.25, 0.3) is 17.1 Å². The van der Waals surface area contributed by atoms with Gasteiger partial charge < -0.3 is 14.8 Å². The van der Waals surface area contributed by atoms with Crippen molar-refractivity contribution in [1.82, 2.24) is 20.1 Å². The lowest BCUT2D eigenvalue weighted by molar-refractivity contribution is -0.120. The molecule has 7 nitrogen and oxygen atoms in total. The van der Waals surface area contributed by atoms with E-state index in [2.05, 4.69) is 34.6 Å². The molecule has 34 heavy (non-hydrogen) atoms. The number of hydrogen-bond donors (Lipinski definition) is 1. The van der Waals surface area contributed by atoms with Gasteiger partial charge in [0.1, 0.15) is 0 Å². The highest BCUT2D eigenvalue weighted by Gasteiger charge is 2.22. The SMILES string of the molecule is Cc1ccc(-n2c(SC(C)C(=O)NCc3ccc4c(c3)OCO4)nnc2-c2ccccc2)cc1. The average Bonchev–Trinajstić information content (AvgIpc) is 3.50. The van der Waals surface area contributed by atoms with E-state index < -0.39 is 0 Å². The molecule has 0 saturated carbocycles. The van der Waals surface area contributed by atoms with Crippen LogP contribution in [0.2, 0.25) is 0 Å². The topological polar surface area (TPSA) is 78.3 Å². The Balaban J connectivity index is 1.34. The van der Waals surface area contributed by atoms with Gasteiger partial charge in [-0.15, -0.1) is 10.2 Å². The summed E-state index contributed by atoms with van der Waals surface area (Å²) in [6.07, 6.45) is 0. The number of aromatic nitrogens is 3. The highest BCUT2D eigenvalue weighted by Crippen LogP contribution is 2.33. The summed E-state index contributed by atoms with van der Waals surface area (Å²) in [7, 11) is 0. The zero-order chi connectivity index (χ0) is 23.5. The number of fused-ring (bicyclic) bond motifs is 1. The summed E-state index contributed by atoms with van der Waals surface area (Å²) in [6.45, 7) is 4.55. The Kier molecular flexibility index (Phi) is 6.22. The summed E-state index contributed by atoms with van der Waals surface area (Å²) >= 11 is 1.38. The molecule has 0 bridgehead atoms. The molecule has 0 spiro atoms. The molecule has 1 atom stereocenters. The predicted octanol–water partition coefficient (Wildman–Crippen LogP) is 4.77. The lowest BCUT2D eigenvalue weighted by Crippen LogP contribution is -2.30. The van der Waals surface area contributed by atoms with Crippen LogP contribution in [0.1, 0.15) is 18.1 Å². The highest BCUT2D eigenvalue weighted by molar-refractivity contribution is 8.00. The van der Waals surface area contributed by atoms with Crippen molar-refractivity contribution >= 4 is 17.7 Å². The Hall–Kier alpha value is -3.78. The number of carbonyl (C=O) groups is 1. The van der Waals surface area contributed by atoms with Crippen LogP contribution in [-0.4, -0.2) is 32.7 Å². The molecule has 1 aliphatic rings. The zero-order valence-electron chi connectivity index (χ0n) is 18.9. The van der Waals surface area contributed by atoms with Gasteiger partial charge in [-0.3, -0.25) is 9.36 Å². The van der Waals surface area contributed by atoms with Crippen molar-refractivity contribution in [2.24, 2.45) is 0 Å². The van der Waals surface area contributed by atoms with Crippen LogP contribution in [0.5, 0.6) is 11.5 Å². The van der Waals surface area contributed by atoms with Crippen molar-refractivity contribution in [3.05, 3.63) is 83.9 Å². The molecular weight excluding hydrogens is 448 g/mol. The minimum absolute atomic E-state index is 0.0811. The molecule has 3 aromatic carbocycles. The van der Waals surface area contributed by atoms with E-state index in [4.69, 9.17) is 9.47 Å². The van der Waals surface area contributed by atoms with Crippen molar-refractivity contribution in [1.29, 1.82) is 0 Å². The van der Waals surface area contributed by atoms with Crippen LogP contribution in [0.4, 0.5) is 0 Å². The molecule has 0 fully saturated rings. The minimum atomic E-state index is -0.369. The van der Waals surface area contributed by atoms with E-state index >= 15 is 0 Å². The molecule has 8 heteroatoms. The van der Waals surface area contributed by atoms with Gasteiger partial charge in [0, 0.05) is 17.8 Å². The lowest BCUT2D eigenvalue weighted by Gasteiger charge is -2.14. The maximum atomic E-state index is 12.9. The second-order valence-electron chi connectivity index (χ2n) is 8.01. The fraction of sp³-hybridized carbons (Fsp3) is 0.192. The number of hydrogen-bond acceptors (Lipinski definition) is 6. The van der Waals surface area contributed by atoms with Gasteiger partial charge in [-0.2, -0.15) is 0 Å². The lowest BCUT2D eigenvalue weighted by atomic mass is 10.2. The Morgan fingerprint density at radius 2 is 1.79 bits per heavy atom. The molecule has 1 aromatic heterocycles. The first-order valence-corrected chi connectivity index (χ1v) is 11.9. The largest absolute Gasteiger partial charge is 0.454 e. The molecule has 1 unspecified atom stereocenters. The van der Waals surface area contributed by atoms with E-state index in [0.29, 0.717) is 17.5 Å². The van der Waals surface area contributed by atoms with E-state index in [1.54, 1.807) is 0 Å². The van der Waals surface area contributed by atoms with Gasteiger partial charge in [0.15, 0.2) is 22.5 Å². The van der Waals surface area contributed by atoms with E-state index in [0.717, 1.165) is 28.4 Å². The maximum Gasteiger partial charge on any atom is 0.233 e. The third-order valence-corrected chi connectivity index (χ3v) is 6.56. The van der Waals surface area contributed by atoms with Crippen molar-refractivity contribution in [3.63, 3.8) is 0 Å². The molecular formula is C26H24N4O3S. The van der Waals surface area contributed by atoms with Crippen molar-refractivity contribution in [2.45, 2.75) is 30.8 Å². The second-order valence-corrected chi connectivity index (χ2v) is 9.32. The Morgan fingerprint density at radius 1 is 1.03 bits per heavy atom. The number of carbonyl (C=O) groups excluding carboxylic acids is 1. The van der Waals surface area contributed by atoms with Crippen LogP contribution in [0.3, 0.4) is 0 Å². The molecule has 0 radical (unpaired) electrons. The molecule has 0 saturated heterocycles. The van der Waals surface area contributed by atoms with Crippen molar-refractivity contribution < 1.29 is 14.3 Å². The van der Waals surface area contributed by atoms with E-state index in [1.807, 2.05) is 72.2 Å². The number of ether oxygens (including phenoxy) is 2. The van der Waals surface area contributed by atoms with Gasteiger partial charge in [-0.25, -0.2) is 0 Å². The summed E-state index contributed by atoms with van der Waals surface area (Å²) in [4.78, 5) is 12.9. The van der Waals surface area contributed by atoms with Crippen LogP contribution >= 0.6 is 11.8 Å². The van der Waals surface area contributed by atoms with E-state index in [1.165, 1.54) is 17.3 Å². The number of nitrogens with one attached hydrogen (secondary N) is 1. The Morgan fingerprint density at radius 3 is 2.59 bits per heavy atom. The number of rotatable bonds is 7. The number of thioether (sulfide) groups is 1. The first-order valence-electron chi connectivity index (χ1n) is 11.0. The maximum absolute atomic E-state index is 12.9. The highest BCUT2D eigenvalue weighted by atomic mass is 32.2. The third-order valence-electron chi connectivity index (χ3n) is 5.51. The van der Waals surface area contributed by atoms with Gasteiger partial charge in [0.05, 0.1) is 5.25 Å². The number of amides is 1. The fourth-order valence-corrected chi connectivity index (χ4v) is 4.53. The van der Waals surface area contributed by atoms with Gasteiger partial charge in [0.2, 0.25) is 12.7 Å². The van der Waals surface area contributed by atoms with Gasteiger partial charge in [-0.1, -0.05) is 65.9 Å². The van der Waals surface area contributed by atoms with E-state index in [-0.39, 0.29) is 18.0 Å². The fourth-order valence-electron chi connectivity index (χ4n) is 3.64. The van der Waals surface area contributed by atoms with Crippen LogP contribution < -0.4 is 14.8 Å². The first-order chi connectivity index (χ1) is 16.6. The summed E-state index contributed by atoms with van der Waals surface area (Å²) in [5.41, 5.74) is 4.03. The third kappa shape index (κ3) is 4.63. The normalized spacial score (nSPS) is 13.0. The van der Waals surface area contributed by atoms with Crippen LogP contribution in [-0.2, 0) is 11.3 Å². The number of nitrogens with zero attached hydrogens (tertiary/aromatic N) is 3. The monoisotopic (exact) mass is 472 g/mol. The molecule has 1 amide bonds. The predicted molar refractivity (Wildman–Crippen MR) is 131 cm³/mol. The standard InChI is InChI=1S/C26H24N4O3S/c1-17-8-11-21(12-9-17)30-24(20-6-4-3-5-7-20)28-29-26(30)34-18(2)25(31)27-15-19-10-13-22-23(14-19)33-16-32-22/h3-14,18H,15-16H2,1-2H3,(H,27,31). The smallest absolute Gasteiger partial charge is 0.233 e. The summed E-state index contributed by atoms with van der Waals surface area (Å²) < 4.78 is 12.8. The Bertz CT molecular complexity index is 1310. The summed E-state index contributed by atoms with van der Waals surface area (Å²) in [5.74, 6) is 2.08. The van der Waals surface area contributed by atoms with Gasteiger partial charge >= 0.3 is 0 Å². The quantitative estimate of drug-likeness (QED) is 0.391. The summed E-state index contributed by atoms with van der Waals surface area (Å²) in [6, 6.07) is 23.8. The second kappa shape index (κ2) is 9.61. The molecule has 172 valence electrons. The number of benzene rings is 3. The molecule has 5 rings (SSSR count). The molecule has 0 aliphatic carbocycles. The average molecular weight is 473 g/mol. The molecule has 2 heterocycles. The van der Waals surface area contributed by atoms with Gasteiger partial charge in [-0.05, 0) is 43.7 Å². The first kappa shape index (κ1) is 22.0. The molecule has 1 aliphatic heterocycles. The van der Waals surface area contributed by atoms with E-state index in [9.17, 15) is 4.79 Å². The summed E-state index contributed by atoms with van der Waals surface area (Å²) in [5, 5.41) is 12.2. The van der Waals surface area contributed by atoms with Crippen molar-refractivity contribution in [3.8, 4) is 28.6 Å². The Labute approximate surface area is 202 Å².